The van der Waals surface area contributed by atoms with Crippen molar-refractivity contribution in [2.45, 2.75) is 26.5 Å². The first kappa shape index (κ1) is 17.5. The molecule has 2 aromatic rings. The van der Waals surface area contributed by atoms with E-state index in [9.17, 15) is 14.4 Å². The first-order chi connectivity index (χ1) is 12.4. The number of rotatable bonds is 6. The average molecular weight is 358 g/mol. The van der Waals surface area contributed by atoms with Crippen LogP contribution in [0.25, 0.3) is 0 Å². The van der Waals surface area contributed by atoms with E-state index in [4.69, 9.17) is 14.2 Å². The lowest BCUT2D eigenvalue weighted by Crippen LogP contribution is -2.35. The molecule has 2 heterocycles. The minimum atomic E-state index is -0.986. The molecule has 0 saturated heterocycles. The van der Waals surface area contributed by atoms with Gasteiger partial charge in [0.2, 0.25) is 6.79 Å². The maximum atomic E-state index is 12.1. The van der Waals surface area contributed by atoms with E-state index in [1.165, 1.54) is 26.1 Å². The fourth-order valence-electron chi connectivity index (χ4n) is 2.38. The van der Waals surface area contributed by atoms with Crippen molar-refractivity contribution in [3.8, 4) is 11.5 Å². The largest absolute Gasteiger partial charge is 0.454 e. The summed E-state index contributed by atoms with van der Waals surface area (Å²) in [5, 5.41) is 2.69. The van der Waals surface area contributed by atoms with Crippen LogP contribution in [-0.2, 0) is 16.1 Å². The number of ketones is 1. The van der Waals surface area contributed by atoms with E-state index < -0.39 is 18.0 Å². The van der Waals surface area contributed by atoms with Crippen molar-refractivity contribution in [2.75, 3.05) is 6.79 Å². The molecule has 1 aromatic carbocycles. The Kier molecular flexibility index (Phi) is 4.92. The molecule has 0 bridgehead atoms. The van der Waals surface area contributed by atoms with Gasteiger partial charge >= 0.3 is 5.97 Å². The summed E-state index contributed by atoms with van der Waals surface area (Å²) in [6, 6.07) is 6.75. The maximum absolute atomic E-state index is 12.1. The second kappa shape index (κ2) is 7.30. The van der Waals surface area contributed by atoms with Crippen LogP contribution in [0.2, 0.25) is 0 Å². The predicted molar refractivity (Wildman–Crippen MR) is 90.1 cm³/mol. The number of H-pyrrole nitrogens is 1. The lowest BCUT2D eigenvalue weighted by atomic mass is 10.2. The van der Waals surface area contributed by atoms with E-state index in [0.29, 0.717) is 17.1 Å². The number of nitrogens with one attached hydrogen (secondary N) is 2. The summed E-state index contributed by atoms with van der Waals surface area (Å²) >= 11 is 0. The van der Waals surface area contributed by atoms with E-state index in [1.54, 1.807) is 12.1 Å². The van der Waals surface area contributed by atoms with Crippen molar-refractivity contribution >= 4 is 17.7 Å². The highest BCUT2D eigenvalue weighted by Crippen LogP contribution is 2.32. The second-order valence-corrected chi connectivity index (χ2v) is 5.81. The van der Waals surface area contributed by atoms with Crippen LogP contribution in [-0.4, -0.2) is 35.5 Å². The number of aromatic nitrogens is 1. The van der Waals surface area contributed by atoms with E-state index in [2.05, 4.69) is 10.3 Å². The van der Waals surface area contributed by atoms with E-state index in [-0.39, 0.29) is 24.8 Å². The molecule has 1 aliphatic heterocycles. The highest BCUT2D eigenvalue weighted by atomic mass is 16.7. The van der Waals surface area contributed by atoms with Gasteiger partial charge in [-0.2, -0.15) is 0 Å². The molecule has 0 unspecified atom stereocenters. The van der Waals surface area contributed by atoms with Gasteiger partial charge in [-0.3, -0.25) is 9.59 Å². The molecule has 8 nitrogen and oxygen atoms in total. The Hall–Kier alpha value is -3.29. The lowest BCUT2D eigenvalue weighted by molar-refractivity contribution is -0.129. The van der Waals surface area contributed by atoms with E-state index >= 15 is 0 Å². The number of hydrogen-bond acceptors (Lipinski definition) is 6. The van der Waals surface area contributed by atoms with Crippen LogP contribution in [0.4, 0.5) is 0 Å². The van der Waals surface area contributed by atoms with E-state index in [0.717, 1.165) is 5.56 Å². The van der Waals surface area contributed by atoms with Gasteiger partial charge in [0.05, 0.1) is 0 Å². The third-order valence-corrected chi connectivity index (χ3v) is 3.87. The minimum Gasteiger partial charge on any atom is -0.454 e. The molecule has 0 spiro atoms. The van der Waals surface area contributed by atoms with Crippen molar-refractivity contribution < 1.29 is 28.6 Å². The van der Waals surface area contributed by atoms with Gasteiger partial charge in [-0.25, -0.2) is 4.79 Å². The van der Waals surface area contributed by atoms with Crippen LogP contribution in [0, 0.1) is 0 Å². The lowest BCUT2D eigenvalue weighted by Gasteiger charge is -2.13. The zero-order valence-corrected chi connectivity index (χ0v) is 14.3. The van der Waals surface area contributed by atoms with Gasteiger partial charge < -0.3 is 24.5 Å². The third-order valence-electron chi connectivity index (χ3n) is 3.87. The fraction of sp³-hybridized carbons (Fsp3) is 0.278. The number of fused-ring (bicyclic) bond motifs is 1. The van der Waals surface area contributed by atoms with Crippen molar-refractivity contribution in [3.05, 3.63) is 47.3 Å². The second-order valence-electron chi connectivity index (χ2n) is 5.81. The standard InChI is InChI=1S/C18H18N2O6/c1-10(21)13-6-14(19-8-13)18(23)26-11(2)17(22)20-7-12-3-4-15-16(5-12)25-9-24-15/h3-6,8,11,19H,7,9H2,1-2H3,(H,20,22)/t11-/m1/s1. The summed E-state index contributed by atoms with van der Waals surface area (Å²) in [7, 11) is 0. The summed E-state index contributed by atoms with van der Waals surface area (Å²) in [4.78, 5) is 38.1. The molecule has 26 heavy (non-hydrogen) atoms. The SMILES string of the molecule is CC(=O)c1c[nH]c(C(=O)O[C@H](C)C(=O)NCc2ccc3c(c2)OCO3)c1. The number of aromatic amines is 1. The number of amides is 1. The number of Topliss-reactive ketones (excluding diaryl/α,β-unsaturated/α-hetero) is 1. The van der Waals surface area contributed by atoms with Gasteiger partial charge in [0.15, 0.2) is 23.4 Å². The van der Waals surface area contributed by atoms with Gasteiger partial charge in [0, 0.05) is 18.3 Å². The van der Waals surface area contributed by atoms with Crippen molar-refractivity contribution in [1.82, 2.24) is 10.3 Å². The first-order valence-electron chi connectivity index (χ1n) is 8.00. The Morgan fingerprint density at radius 2 is 2.00 bits per heavy atom. The number of esters is 1. The minimum absolute atomic E-state index is 0.116. The summed E-state index contributed by atoms with van der Waals surface area (Å²) in [5.41, 5.74) is 1.32. The molecule has 0 radical (unpaired) electrons. The van der Waals surface area contributed by atoms with Gasteiger partial charge in [-0.1, -0.05) is 6.07 Å². The average Bonchev–Trinajstić information content (AvgIpc) is 3.28. The topological polar surface area (TPSA) is 107 Å². The Balaban J connectivity index is 1.52. The molecule has 0 fully saturated rings. The molecule has 0 saturated carbocycles. The molecule has 1 aliphatic rings. The number of carbonyl (C=O) groups is 3. The van der Waals surface area contributed by atoms with E-state index in [1.807, 2.05) is 6.07 Å². The maximum Gasteiger partial charge on any atom is 0.355 e. The van der Waals surface area contributed by atoms with Gasteiger partial charge in [0.1, 0.15) is 5.69 Å². The normalized spacial score (nSPS) is 13.2. The third kappa shape index (κ3) is 3.85. The molecule has 0 aliphatic carbocycles. The van der Waals surface area contributed by atoms with Gasteiger partial charge in [0.25, 0.3) is 5.91 Å². The van der Waals surface area contributed by atoms with Gasteiger partial charge in [-0.05, 0) is 37.6 Å². The molecule has 1 atom stereocenters. The molecule has 1 aromatic heterocycles. The monoisotopic (exact) mass is 358 g/mol. The molecule has 3 rings (SSSR count). The van der Waals surface area contributed by atoms with Crippen LogP contribution in [0.15, 0.2) is 30.5 Å². The Morgan fingerprint density at radius 1 is 1.23 bits per heavy atom. The van der Waals surface area contributed by atoms with Gasteiger partial charge in [-0.15, -0.1) is 0 Å². The molecule has 1 amide bonds. The zero-order valence-electron chi connectivity index (χ0n) is 14.3. The highest BCUT2D eigenvalue weighted by molar-refractivity contribution is 5.98. The number of ether oxygens (including phenoxy) is 3. The van der Waals surface area contributed by atoms with Crippen molar-refractivity contribution in [1.29, 1.82) is 0 Å². The van der Waals surface area contributed by atoms with Crippen LogP contribution in [0.1, 0.15) is 40.3 Å². The van der Waals surface area contributed by atoms with Crippen LogP contribution in [0.3, 0.4) is 0 Å². The summed E-state index contributed by atoms with van der Waals surface area (Å²) in [6.45, 7) is 3.31. The number of carbonyl (C=O) groups excluding carboxylic acids is 3. The smallest absolute Gasteiger partial charge is 0.355 e. The molecular formula is C18H18N2O6. The van der Waals surface area contributed by atoms with Crippen LogP contribution in [0.5, 0.6) is 11.5 Å². The van der Waals surface area contributed by atoms with Crippen LogP contribution >= 0.6 is 0 Å². The zero-order chi connectivity index (χ0) is 18.7. The molecular weight excluding hydrogens is 340 g/mol. The Labute approximate surface area is 149 Å². The number of benzene rings is 1. The molecule has 8 heteroatoms. The number of hydrogen-bond donors (Lipinski definition) is 2. The predicted octanol–water partition coefficient (Wildman–Crippen LogP) is 1.81. The van der Waals surface area contributed by atoms with Crippen LogP contribution < -0.4 is 14.8 Å². The summed E-state index contributed by atoms with van der Waals surface area (Å²) in [6.07, 6.45) is 0.434. The Bertz CT molecular complexity index is 857. The van der Waals surface area contributed by atoms with Crippen molar-refractivity contribution in [2.24, 2.45) is 0 Å². The fourth-order valence-corrected chi connectivity index (χ4v) is 2.38. The Morgan fingerprint density at radius 3 is 2.73 bits per heavy atom. The van der Waals surface area contributed by atoms with Crippen molar-refractivity contribution in [3.63, 3.8) is 0 Å². The summed E-state index contributed by atoms with van der Waals surface area (Å²) < 4.78 is 15.6. The molecule has 2 N–H and O–H groups in total. The quantitative estimate of drug-likeness (QED) is 0.602. The molecule has 136 valence electrons. The highest BCUT2D eigenvalue weighted by Gasteiger charge is 2.20. The summed E-state index contributed by atoms with van der Waals surface area (Å²) in [5.74, 6) is -0.0186. The first-order valence-corrected chi connectivity index (χ1v) is 8.00.